The van der Waals surface area contributed by atoms with Gasteiger partial charge in [0.15, 0.2) is 5.82 Å². The van der Waals surface area contributed by atoms with Crippen molar-refractivity contribution >= 4 is 5.82 Å². The fraction of sp³-hybridized carbons (Fsp3) is 0.667. The summed E-state index contributed by atoms with van der Waals surface area (Å²) in [7, 11) is 1.71. The molecule has 1 aromatic heterocycles. The zero-order valence-corrected chi connectivity index (χ0v) is 10.8. The number of aliphatic hydroxyl groups is 1. The molecule has 0 saturated heterocycles. The van der Waals surface area contributed by atoms with Crippen LogP contribution in [0.15, 0.2) is 17.2 Å². The molecular weight excluding hydrogens is 218 g/mol. The van der Waals surface area contributed by atoms with Gasteiger partial charge < -0.3 is 14.6 Å². The van der Waals surface area contributed by atoms with Crippen molar-refractivity contribution in [3.8, 4) is 0 Å². The number of aliphatic hydroxyl groups excluding tert-OH is 1. The lowest BCUT2D eigenvalue weighted by atomic mass is 10.1. The van der Waals surface area contributed by atoms with Gasteiger partial charge in [0.05, 0.1) is 6.61 Å². The Morgan fingerprint density at radius 2 is 2.12 bits per heavy atom. The first-order valence-electron chi connectivity index (χ1n) is 6.04. The maximum atomic E-state index is 12.0. The van der Waals surface area contributed by atoms with E-state index in [1.165, 1.54) is 4.57 Å². The normalized spacial score (nSPS) is 10.9. The molecule has 0 fully saturated rings. The highest BCUT2D eigenvalue weighted by molar-refractivity contribution is 5.37. The minimum atomic E-state index is -0.118. The Morgan fingerprint density at radius 1 is 1.47 bits per heavy atom. The molecule has 0 amide bonds. The second-order valence-electron chi connectivity index (χ2n) is 4.05. The lowest BCUT2D eigenvalue weighted by Crippen LogP contribution is -2.41. The SMILES string of the molecule is CCC(CC)N(CCO)c1nccn(C)c1=O. The molecule has 17 heavy (non-hydrogen) atoms. The predicted molar refractivity (Wildman–Crippen MR) is 68.3 cm³/mol. The zero-order valence-electron chi connectivity index (χ0n) is 10.8. The monoisotopic (exact) mass is 239 g/mol. The molecule has 0 radical (unpaired) electrons. The molecule has 1 heterocycles. The third-order valence-electron chi connectivity index (χ3n) is 2.99. The van der Waals surface area contributed by atoms with Gasteiger partial charge in [-0.25, -0.2) is 4.98 Å². The molecule has 0 aliphatic heterocycles. The molecule has 0 aliphatic rings. The van der Waals surface area contributed by atoms with Gasteiger partial charge in [-0.2, -0.15) is 0 Å². The summed E-state index contributed by atoms with van der Waals surface area (Å²) in [5.41, 5.74) is -0.118. The van der Waals surface area contributed by atoms with Crippen LogP contribution in [0.5, 0.6) is 0 Å². The Kier molecular flexibility index (Phi) is 5.15. The molecule has 0 spiro atoms. The highest BCUT2D eigenvalue weighted by Gasteiger charge is 2.19. The molecule has 0 atom stereocenters. The average Bonchev–Trinajstić information content (AvgIpc) is 2.33. The van der Waals surface area contributed by atoms with Gasteiger partial charge in [-0.15, -0.1) is 0 Å². The van der Waals surface area contributed by atoms with Crippen molar-refractivity contribution in [1.82, 2.24) is 9.55 Å². The van der Waals surface area contributed by atoms with Crippen molar-refractivity contribution in [2.24, 2.45) is 7.05 Å². The molecule has 0 bridgehead atoms. The van der Waals surface area contributed by atoms with Crippen LogP contribution in [0, 0.1) is 0 Å². The van der Waals surface area contributed by atoms with Crippen LogP contribution in [-0.2, 0) is 7.05 Å². The van der Waals surface area contributed by atoms with Gasteiger partial charge >= 0.3 is 0 Å². The van der Waals surface area contributed by atoms with E-state index in [-0.39, 0.29) is 18.2 Å². The fourth-order valence-corrected chi connectivity index (χ4v) is 1.98. The van der Waals surface area contributed by atoms with Gasteiger partial charge in [-0.05, 0) is 12.8 Å². The van der Waals surface area contributed by atoms with Crippen molar-refractivity contribution in [3.05, 3.63) is 22.7 Å². The van der Waals surface area contributed by atoms with E-state index in [2.05, 4.69) is 18.8 Å². The van der Waals surface area contributed by atoms with E-state index in [0.717, 1.165) is 12.8 Å². The van der Waals surface area contributed by atoms with Crippen LogP contribution < -0.4 is 10.5 Å². The second-order valence-corrected chi connectivity index (χ2v) is 4.05. The van der Waals surface area contributed by atoms with Crippen LogP contribution in [0.3, 0.4) is 0 Å². The minimum absolute atomic E-state index is 0.0240. The van der Waals surface area contributed by atoms with Gasteiger partial charge in [0.1, 0.15) is 0 Å². The molecule has 1 rings (SSSR count). The Morgan fingerprint density at radius 3 is 2.65 bits per heavy atom. The third kappa shape index (κ3) is 3.06. The lowest BCUT2D eigenvalue weighted by molar-refractivity contribution is 0.295. The topological polar surface area (TPSA) is 58.4 Å². The van der Waals surface area contributed by atoms with Crippen molar-refractivity contribution in [2.45, 2.75) is 32.7 Å². The van der Waals surface area contributed by atoms with E-state index >= 15 is 0 Å². The molecule has 5 nitrogen and oxygen atoms in total. The number of hydrogen-bond donors (Lipinski definition) is 1. The molecule has 0 unspecified atom stereocenters. The fourth-order valence-electron chi connectivity index (χ4n) is 1.98. The third-order valence-corrected chi connectivity index (χ3v) is 2.99. The number of aromatic nitrogens is 2. The minimum Gasteiger partial charge on any atom is -0.395 e. The molecule has 0 aromatic carbocycles. The molecule has 5 heteroatoms. The largest absolute Gasteiger partial charge is 0.395 e. The lowest BCUT2D eigenvalue weighted by Gasteiger charge is -2.30. The quantitative estimate of drug-likeness (QED) is 0.796. The summed E-state index contributed by atoms with van der Waals surface area (Å²) in [5.74, 6) is 0.428. The van der Waals surface area contributed by atoms with Crippen molar-refractivity contribution in [3.63, 3.8) is 0 Å². The van der Waals surface area contributed by atoms with Gasteiger partial charge in [-0.3, -0.25) is 4.79 Å². The van der Waals surface area contributed by atoms with Gasteiger partial charge in [-0.1, -0.05) is 13.8 Å². The summed E-state index contributed by atoms with van der Waals surface area (Å²) in [5, 5.41) is 9.12. The number of rotatable bonds is 6. The smallest absolute Gasteiger partial charge is 0.293 e. The van der Waals surface area contributed by atoms with E-state index in [1.54, 1.807) is 19.4 Å². The van der Waals surface area contributed by atoms with Gasteiger partial charge in [0, 0.05) is 32.0 Å². The maximum absolute atomic E-state index is 12.0. The van der Waals surface area contributed by atoms with Crippen LogP contribution in [0.4, 0.5) is 5.82 Å². The Labute approximate surface area is 102 Å². The van der Waals surface area contributed by atoms with E-state index in [9.17, 15) is 4.79 Å². The van der Waals surface area contributed by atoms with E-state index in [4.69, 9.17) is 5.11 Å². The predicted octanol–water partition coefficient (Wildman–Crippen LogP) is 0.768. The maximum Gasteiger partial charge on any atom is 0.293 e. The molecule has 1 N–H and O–H groups in total. The first kappa shape index (κ1) is 13.7. The van der Waals surface area contributed by atoms with Crippen LogP contribution in [0.25, 0.3) is 0 Å². The standard InChI is InChI=1S/C12H21N3O2/c1-4-10(5-2)15(8-9-16)11-12(17)14(3)7-6-13-11/h6-7,10,16H,4-5,8-9H2,1-3H3. The van der Waals surface area contributed by atoms with Gasteiger partial charge in [0.2, 0.25) is 0 Å². The van der Waals surface area contributed by atoms with Gasteiger partial charge in [0.25, 0.3) is 5.56 Å². The molecule has 0 saturated carbocycles. The number of hydrogen-bond acceptors (Lipinski definition) is 4. The van der Waals surface area contributed by atoms with Crippen LogP contribution >= 0.6 is 0 Å². The van der Waals surface area contributed by atoms with Crippen LogP contribution in [0.2, 0.25) is 0 Å². The van der Waals surface area contributed by atoms with E-state index in [1.807, 2.05) is 4.90 Å². The summed E-state index contributed by atoms with van der Waals surface area (Å²) in [6.07, 6.45) is 5.10. The average molecular weight is 239 g/mol. The Bertz CT molecular complexity index is 399. The Balaban J connectivity index is 3.13. The number of nitrogens with zero attached hydrogens (tertiary/aromatic N) is 3. The van der Waals surface area contributed by atoms with Crippen molar-refractivity contribution in [1.29, 1.82) is 0 Å². The molecule has 0 aliphatic carbocycles. The summed E-state index contributed by atoms with van der Waals surface area (Å²) < 4.78 is 1.51. The highest BCUT2D eigenvalue weighted by Crippen LogP contribution is 2.13. The van der Waals surface area contributed by atoms with Crippen molar-refractivity contribution in [2.75, 3.05) is 18.1 Å². The van der Waals surface area contributed by atoms with Crippen LogP contribution in [-0.4, -0.2) is 33.9 Å². The number of anilines is 1. The summed E-state index contributed by atoms with van der Waals surface area (Å²) >= 11 is 0. The molecule has 96 valence electrons. The zero-order chi connectivity index (χ0) is 12.8. The van der Waals surface area contributed by atoms with Crippen molar-refractivity contribution < 1.29 is 5.11 Å². The summed E-state index contributed by atoms with van der Waals surface area (Å²) in [6, 6.07) is 0.241. The van der Waals surface area contributed by atoms with E-state index in [0.29, 0.717) is 12.4 Å². The van der Waals surface area contributed by atoms with E-state index < -0.39 is 0 Å². The Hall–Kier alpha value is -1.36. The summed E-state index contributed by atoms with van der Waals surface area (Å²) in [4.78, 5) is 18.1. The first-order valence-corrected chi connectivity index (χ1v) is 6.04. The molecular formula is C12H21N3O2. The first-order chi connectivity index (χ1) is 8.15. The highest BCUT2D eigenvalue weighted by atomic mass is 16.3. The van der Waals surface area contributed by atoms with Crippen LogP contribution in [0.1, 0.15) is 26.7 Å². The summed E-state index contributed by atoms with van der Waals surface area (Å²) in [6.45, 7) is 4.62. The molecule has 1 aromatic rings. The number of aryl methyl sites for hydroxylation is 1. The second kappa shape index (κ2) is 6.39.